The number of hydrogen-bond donors (Lipinski definition) is 0. The predicted octanol–water partition coefficient (Wildman–Crippen LogP) is 3.58. The van der Waals surface area contributed by atoms with E-state index in [1.165, 1.54) is 16.7 Å². The average Bonchev–Trinajstić information content (AvgIpc) is 2.52. The maximum Gasteiger partial charge on any atom is -0.000129 e. The van der Waals surface area contributed by atoms with Gasteiger partial charge in [0.15, 0.2) is 0 Å². The van der Waals surface area contributed by atoms with Gasteiger partial charge in [-0.3, -0.25) is 0 Å². The molecule has 0 nitrogen and oxygen atoms in total. The maximum absolute atomic E-state index is 2.24. The number of rotatable bonds is 1. The molecular formula is C13H14. The third-order valence-electron chi connectivity index (χ3n) is 2.62. The van der Waals surface area contributed by atoms with Crippen LogP contribution in [-0.2, 0) is 0 Å². The molecule has 0 spiro atoms. The minimum Gasteiger partial charge on any atom is -0.0773 e. The van der Waals surface area contributed by atoms with Crippen molar-refractivity contribution in [3.05, 3.63) is 53.6 Å². The van der Waals surface area contributed by atoms with Crippen LogP contribution in [0.3, 0.4) is 0 Å². The van der Waals surface area contributed by atoms with Crippen molar-refractivity contribution < 1.29 is 0 Å². The van der Waals surface area contributed by atoms with Crippen LogP contribution in [0.1, 0.15) is 18.1 Å². The molecule has 1 aromatic rings. The molecule has 1 aromatic carbocycles. The summed E-state index contributed by atoms with van der Waals surface area (Å²) in [6, 6.07) is 8.56. The van der Waals surface area contributed by atoms with Crippen LogP contribution < -0.4 is 0 Å². The quantitative estimate of drug-likeness (QED) is 0.604. The van der Waals surface area contributed by atoms with E-state index in [0.717, 1.165) is 0 Å². The van der Waals surface area contributed by atoms with Crippen molar-refractivity contribution in [2.24, 2.45) is 5.92 Å². The van der Waals surface area contributed by atoms with Gasteiger partial charge in [0.1, 0.15) is 0 Å². The first kappa shape index (κ1) is 8.31. The summed E-state index contributed by atoms with van der Waals surface area (Å²) in [6.07, 6.45) is 6.60. The van der Waals surface area contributed by atoms with Crippen LogP contribution in [0.15, 0.2) is 42.5 Å². The summed E-state index contributed by atoms with van der Waals surface area (Å²) in [6.45, 7) is 4.41. The minimum absolute atomic E-state index is 0.570. The van der Waals surface area contributed by atoms with E-state index in [0.29, 0.717) is 5.92 Å². The molecule has 0 fully saturated rings. The van der Waals surface area contributed by atoms with Gasteiger partial charge in [0, 0.05) is 0 Å². The lowest BCUT2D eigenvalue weighted by atomic mass is 9.94. The fourth-order valence-corrected chi connectivity index (χ4v) is 1.81. The van der Waals surface area contributed by atoms with Gasteiger partial charge in [-0.2, -0.15) is 0 Å². The summed E-state index contributed by atoms with van der Waals surface area (Å²) >= 11 is 0. The molecule has 1 unspecified atom stereocenters. The first-order chi connectivity index (χ1) is 6.29. The molecule has 0 saturated heterocycles. The molecule has 0 amide bonds. The molecule has 0 radical (unpaired) electrons. The summed E-state index contributed by atoms with van der Waals surface area (Å²) < 4.78 is 0. The molecule has 13 heavy (non-hydrogen) atoms. The Kier molecular flexibility index (Phi) is 2.05. The third-order valence-corrected chi connectivity index (χ3v) is 2.62. The Balaban J connectivity index is 2.42. The number of benzene rings is 1. The first-order valence-corrected chi connectivity index (χ1v) is 4.73. The molecule has 2 rings (SSSR count). The van der Waals surface area contributed by atoms with Crippen molar-refractivity contribution in [1.29, 1.82) is 0 Å². The van der Waals surface area contributed by atoms with E-state index in [1.807, 2.05) is 0 Å². The summed E-state index contributed by atoms with van der Waals surface area (Å²) in [5.41, 5.74) is 4.20. The van der Waals surface area contributed by atoms with Gasteiger partial charge in [-0.25, -0.2) is 0 Å². The third kappa shape index (κ3) is 1.44. The van der Waals surface area contributed by atoms with E-state index in [-0.39, 0.29) is 0 Å². The van der Waals surface area contributed by atoms with E-state index in [4.69, 9.17) is 0 Å². The molecule has 0 N–H and O–H groups in total. The van der Waals surface area contributed by atoms with Crippen LogP contribution in [-0.4, -0.2) is 0 Å². The van der Waals surface area contributed by atoms with Crippen molar-refractivity contribution in [3.63, 3.8) is 0 Å². The monoisotopic (exact) mass is 170 g/mol. The van der Waals surface area contributed by atoms with Crippen LogP contribution >= 0.6 is 0 Å². The van der Waals surface area contributed by atoms with Crippen LogP contribution in [0.25, 0.3) is 5.57 Å². The molecule has 66 valence electrons. The molecule has 0 aliphatic heterocycles. The molecule has 0 saturated carbocycles. The van der Waals surface area contributed by atoms with Crippen LogP contribution in [0.2, 0.25) is 0 Å². The largest absolute Gasteiger partial charge is 0.0773 e. The fraction of sp³-hybridized carbons (Fsp3) is 0.231. The summed E-state index contributed by atoms with van der Waals surface area (Å²) in [5, 5.41) is 0. The summed E-state index contributed by atoms with van der Waals surface area (Å²) in [5.74, 6) is 0.570. The molecule has 0 bridgehead atoms. The minimum atomic E-state index is 0.570. The van der Waals surface area contributed by atoms with Crippen molar-refractivity contribution in [2.45, 2.75) is 13.8 Å². The zero-order valence-corrected chi connectivity index (χ0v) is 8.12. The molecule has 1 atom stereocenters. The van der Waals surface area contributed by atoms with Crippen molar-refractivity contribution >= 4 is 5.57 Å². The lowest BCUT2D eigenvalue weighted by Gasteiger charge is -2.11. The Bertz CT molecular complexity index is 369. The van der Waals surface area contributed by atoms with Gasteiger partial charge in [0.2, 0.25) is 0 Å². The highest BCUT2D eigenvalue weighted by molar-refractivity contribution is 5.74. The average molecular weight is 170 g/mol. The zero-order chi connectivity index (χ0) is 9.26. The van der Waals surface area contributed by atoms with Gasteiger partial charge < -0.3 is 0 Å². The fourth-order valence-electron chi connectivity index (χ4n) is 1.81. The van der Waals surface area contributed by atoms with Gasteiger partial charge in [-0.15, -0.1) is 0 Å². The smallest absolute Gasteiger partial charge is 0.000129 e. The molecular weight excluding hydrogens is 156 g/mol. The summed E-state index contributed by atoms with van der Waals surface area (Å²) in [4.78, 5) is 0. The molecule has 0 heteroatoms. The van der Waals surface area contributed by atoms with Gasteiger partial charge >= 0.3 is 0 Å². The molecule has 1 aliphatic rings. The Morgan fingerprint density at radius 2 is 1.92 bits per heavy atom. The second-order valence-electron chi connectivity index (χ2n) is 3.61. The Labute approximate surface area is 79.6 Å². The predicted molar refractivity (Wildman–Crippen MR) is 57.5 cm³/mol. The van der Waals surface area contributed by atoms with E-state index in [2.05, 4.69) is 56.3 Å². The lowest BCUT2D eigenvalue weighted by Crippen LogP contribution is -1.93. The summed E-state index contributed by atoms with van der Waals surface area (Å²) in [7, 11) is 0. The highest BCUT2D eigenvalue weighted by Crippen LogP contribution is 2.30. The standard InChI is InChI=1S/C13H14/c1-10-6-3-4-8-12(10)13-9-5-7-11(13)2/h3-9,11H,1-2H3. The van der Waals surface area contributed by atoms with Crippen molar-refractivity contribution in [3.8, 4) is 0 Å². The number of aryl methyl sites for hydroxylation is 1. The van der Waals surface area contributed by atoms with Gasteiger partial charge in [0.05, 0.1) is 0 Å². The Morgan fingerprint density at radius 3 is 2.54 bits per heavy atom. The van der Waals surface area contributed by atoms with Crippen LogP contribution in [0.5, 0.6) is 0 Å². The highest BCUT2D eigenvalue weighted by Gasteiger charge is 2.12. The SMILES string of the molecule is Cc1ccccc1C1=CC=CC1C. The van der Waals surface area contributed by atoms with E-state index < -0.39 is 0 Å². The van der Waals surface area contributed by atoms with E-state index in [9.17, 15) is 0 Å². The lowest BCUT2D eigenvalue weighted by molar-refractivity contribution is 0.978. The number of hydrogen-bond acceptors (Lipinski definition) is 0. The highest BCUT2D eigenvalue weighted by atomic mass is 14.2. The number of allylic oxidation sites excluding steroid dienone is 4. The first-order valence-electron chi connectivity index (χ1n) is 4.73. The van der Waals surface area contributed by atoms with E-state index >= 15 is 0 Å². The molecule has 0 heterocycles. The van der Waals surface area contributed by atoms with Crippen molar-refractivity contribution in [1.82, 2.24) is 0 Å². The van der Waals surface area contributed by atoms with Gasteiger partial charge in [0.25, 0.3) is 0 Å². The van der Waals surface area contributed by atoms with Crippen LogP contribution in [0.4, 0.5) is 0 Å². The molecule has 1 aliphatic carbocycles. The van der Waals surface area contributed by atoms with Gasteiger partial charge in [-0.05, 0) is 29.5 Å². The normalized spacial score (nSPS) is 20.5. The second-order valence-corrected chi connectivity index (χ2v) is 3.61. The zero-order valence-electron chi connectivity index (χ0n) is 8.12. The second kappa shape index (κ2) is 3.21. The van der Waals surface area contributed by atoms with E-state index in [1.54, 1.807) is 0 Å². The van der Waals surface area contributed by atoms with Crippen LogP contribution in [0, 0.1) is 12.8 Å². The van der Waals surface area contributed by atoms with Crippen molar-refractivity contribution in [2.75, 3.05) is 0 Å². The maximum atomic E-state index is 2.24. The Hall–Kier alpha value is -1.30. The molecule has 0 aromatic heterocycles. The Morgan fingerprint density at radius 1 is 1.15 bits per heavy atom. The topological polar surface area (TPSA) is 0 Å². The van der Waals surface area contributed by atoms with Gasteiger partial charge in [-0.1, -0.05) is 49.4 Å².